The number of ether oxygens (including phenoxy) is 2. The predicted octanol–water partition coefficient (Wildman–Crippen LogP) is 1.86. The van der Waals surface area contributed by atoms with Gasteiger partial charge in [0.1, 0.15) is 0 Å². The zero-order chi connectivity index (χ0) is 25.6. The monoisotopic (exact) mass is 525 g/mol. The van der Waals surface area contributed by atoms with Gasteiger partial charge in [0.05, 0.1) is 30.1 Å². The molecule has 10 nitrogen and oxygen atoms in total. The van der Waals surface area contributed by atoms with Crippen LogP contribution in [0.1, 0.15) is 31.7 Å². The van der Waals surface area contributed by atoms with Gasteiger partial charge in [0.15, 0.2) is 11.5 Å². The van der Waals surface area contributed by atoms with E-state index in [1.54, 1.807) is 12.1 Å². The molecule has 1 aliphatic rings. The molecule has 3 rings (SSSR count). The summed E-state index contributed by atoms with van der Waals surface area (Å²) in [5.41, 5.74) is 0.686. The van der Waals surface area contributed by atoms with E-state index in [-0.39, 0.29) is 22.1 Å². The first kappa shape index (κ1) is 26.9. The minimum absolute atomic E-state index is 0.0692. The molecule has 1 aliphatic heterocycles. The Morgan fingerprint density at radius 2 is 1.51 bits per heavy atom. The Hall–Kier alpha value is -2.67. The minimum atomic E-state index is -4.00. The van der Waals surface area contributed by atoms with Crippen LogP contribution in [-0.4, -0.2) is 60.4 Å². The van der Waals surface area contributed by atoms with Crippen LogP contribution in [0.5, 0.6) is 11.5 Å². The number of rotatable bonds is 10. The van der Waals surface area contributed by atoms with Gasteiger partial charge in [-0.25, -0.2) is 16.8 Å². The molecule has 192 valence electrons. The number of amides is 1. The highest BCUT2D eigenvalue weighted by Gasteiger charge is 2.26. The highest BCUT2D eigenvalue weighted by atomic mass is 32.2. The van der Waals surface area contributed by atoms with Gasteiger partial charge in [-0.1, -0.05) is 18.6 Å². The number of nitrogens with one attached hydrogen (secondary N) is 2. The number of piperidine rings is 1. The van der Waals surface area contributed by atoms with E-state index in [1.807, 2.05) is 0 Å². The Morgan fingerprint density at radius 1 is 0.914 bits per heavy atom. The topological polar surface area (TPSA) is 131 Å². The van der Waals surface area contributed by atoms with Crippen LogP contribution in [0.3, 0.4) is 0 Å². The van der Waals surface area contributed by atoms with Crippen LogP contribution in [0.15, 0.2) is 52.3 Å². The van der Waals surface area contributed by atoms with Crippen molar-refractivity contribution in [2.24, 2.45) is 0 Å². The van der Waals surface area contributed by atoms with Crippen molar-refractivity contribution >= 4 is 26.0 Å². The van der Waals surface area contributed by atoms with Gasteiger partial charge in [-0.05, 0) is 49.6 Å². The molecule has 2 N–H and O–H groups in total. The molecule has 1 amide bonds. The van der Waals surface area contributed by atoms with Crippen molar-refractivity contribution in [1.82, 2.24) is 14.3 Å². The molecular formula is C23H31N3O7S2. The normalized spacial score (nSPS) is 15.9. The third kappa shape index (κ3) is 6.51. The number of carbonyl (C=O) groups is 1. The van der Waals surface area contributed by atoms with E-state index >= 15 is 0 Å². The summed E-state index contributed by atoms with van der Waals surface area (Å²) in [5.74, 6) is 0.101. The Morgan fingerprint density at radius 3 is 2.11 bits per heavy atom. The van der Waals surface area contributed by atoms with E-state index in [0.29, 0.717) is 24.4 Å². The van der Waals surface area contributed by atoms with Gasteiger partial charge in [0.25, 0.3) is 0 Å². The molecule has 1 fully saturated rings. The van der Waals surface area contributed by atoms with Crippen LogP contribution in [0.4, 0.5) is 0 Å². The smallest absolute Gasteiger partial charge is 0.243 e. The number of nitrogens with zero attached hydrogens (tertiary/aromatic N) is 1. The lowest BCUT2D eigenvalue weighted by Gasteiger charge is -2.25. The average Bonchev–Trinajstić information content (AvgIpc) is 2.87. The molecule has 12 heteroatoms. The average molecular weight is 526 g/mol. The van der Waals surface area contributed by atoms with Crippen molar-refractivity contribution in [2.75, 3.05) is 27.3 Å². The molecule has 2 aromatic carbocycles. The summed E-state index contributed by atoms with van der Waals surface area (Å²) in [6, 6.07) is 9.40. The van der Waals surface area contributed by atoms with E-state index in [0.717, 1.165) is 19.3 Å². The minimum Gasteiger partial charge on any atom is -0.493 e. The van der Waals surface area contributed by atoms with Crippen molar-refractivity contribution in [1.29, 1.82) is 0 Å². The molecule has 35 heavy (non-hydrogen) atoms. The first-order chi connectivity index (χ1) is 16.6. The number of methoxy groups -OCH3 is 2. The number of carbonyl (C=O) groups excluding carboxylic acids is 1. The van der Waals surface area contributed by atoms with E-state index in [4.69, 9.17) is 9.47 Å². The third-order valence-electron chi connectivity index (χ3n) is 5.73. The Bertz CT molecular complexity index is 1240. The van der Waals surface area contributed by atoms with Gasteiger partial charge in [-0.2, -0.15) is 9.03 Å². The van der Waals surface area contributed by atoms with Crippen molar-refractivity contribution in [3.8, 4) is 11.5 Å². The van der Waals surface area contributed by atoms with Crippen molar-refractivity contribution in [3.63, 3.8) is 0 Å². The quantitative estimate of drug-likeness (QED) is 0.484. The molecule has 0 spiro atoms. The summed E-state index contributed by atoms with van der Waals surface area (Å²) in [6.45, 7) is 2.60. The Labute approximate surface area is 206 Å². The second-order valence-corrected chi connectivity index (χ2v) is 11.8. The zero-order valence-electron chi connectivity index (χ0n) is 20.0. The van der Waals surface area contributed by atoms with Gasteiger partial charge in [-0.15, -0.1) is 0 Å². The molecule has 0 radical (unpaired) electrons. The molecule has 2 aromatic rings. The largest absolute Gasteiger partial charge is 0.493 e. The van der Waals surface area contributed by atoms with Crippen LogP contribution in [0.2, 0.25) is 0 Å². The molecule has 1 atom stereocenters. The SMILES string of the molecule is COc1ccc(S(=O)(=O)NC(C)C(=O)NCc2ccc(S(=O)(=O)N3CCCCC3)cc2)cc1OC. The lowest BCUT2D eigenvalue weighted by atomic mass is 10.2. The fourth-order valence-electron chi connectivity index (χ4n) is 3.71. The summed E-state index contributed by atoms with van der Waals surface area (Å²) in [6.07, 6.45) is 2.75. The van der Waals surface area contributed by atoms with Gasteiger partial charge in [0, 0.05) is 25.7 Å². The highest BCUT2D eigenvalue weighted by Crippen LogP contribution is 2.29. The van der Waals surface area contributed by atoms with Crippen LogP contribution in [0, 0.1) is 0 Å². The number of hydrogen-bond acceptors (Lipinski definition) is 7. The first-order valence-electron chi connectivity index (χ1n) is 11.2. The van der Waals surface area contributed by atoms with Gasteiger partial charge in [0.2, 0.25) is 26.0 Å². The second kappa shape index (κ2) is 11.4. The summed E-state index contributed by atoms with van der Waals surface area (Å²) < 4.78 is 65.0. The van der Waals surface area contributed by atoms with Crippen LogP contribution < -0.4 is 19.5 Å². The molecule has 1 heterocycles. The molecule has 0 bridgehead atoms. The van der Waals surface area contributed by atoms with Gasteiger partial charge < -0.3 is 14.8 Å². The van der Waals surface area contributed by atoms with Crippen molar-refractivity contribution in [3.05, 3.63) is 48.0 Å². The molecule has 0 aromatic heterocycles. The lowest BCUT2D eigenvalue weighted by molar-refractivity contribution is -0.122. The Kier molecular flexibility index (Phi) is 8.75. The second-order valence-electron chi connectivity index (χ2n) is 8.19. The molecular weight excluding hydrogens is 494 g/mol. The molecule has 0 aliphatic carbocycles. The molecule has 1 saturated heterocycles. The number of sulfonamides is 2. The fourth-order valence-corrected chi connectivity index (χ4v) is 6.45. The van der Waals surface area contributed by atoms with Crippen molar-refractivity contribution in [2.45, 2.75) is 48.6 Å². The van der Waals surface area contributed by atoms with Gasteiger partial charge in [-0.3, -0.25) is 4.79 Å². The Balaban J connectivity index is 1.59. The van der Waals surface area contributed by atoms with Crippen LogP contribution in [-0.2, 0) is 31.4 Å². The van der Waals surface area contributed by atoms with Gasteiger partial charge >= 0.3 is 0 Å². The molecule has 0 saturated carbocycles. The highest BCUT2D eigenvalue weighted by molar-refractivity contribution is 7.89. The standard InChI is InChI=1S/C23H31N3O7S2/c1-17(25-34(28,29)20-11-12-21(32-2)22(15-20)33-3)23(27)24-16-18-7-9-19(10-8-18)35(30,31)26-13-5-4-6-14-26/h7-12,15,17,25H,4-6,13-14,16H2,1-3H3,(H,24,27). The maximum atomic E-state index is 12.8. The van der Waals surface area contributed by atoms with Crippen molar-refractivity contribution < 1.29 is 31.1 Å². The van der Waals surface area contributed by atoms with Crippen LogP contribution >= 0.6 is 0 Å². The fraction of sp³-hybridized carbons (Fsp3) is 0.435. The molecule has 1 unspecified atom stereocenters. The summed E-state index contributed by atoms with van der Waals surface area (Å²) in [7, 11) is -4.68. The lowest BCUT2D eigenvalue weighted by Crippen LogP contribution is -2.44. The van der Waals surface area contributed by atoms with E-state index in [1.165, 1.54) is 55.8 Å². The van der Waals surface area contributed by atoms with Crippen LogP contribution in [0.25, 0.3) is 0 Å². The first-order valence-corrected chi connectivity index (χ1v) is 14.1. The van der Waals surface area contributed by atoms with E-state index < -0.39 is 32.0 Å². The summed E-state index contributed by atoms with van der Waals surface area (Å²) in [4.78, 5) is 12.6. The maximum Gasteiger partial charge on any atom is 0.243 e. The van der Waals surface area contributed by atoms with E-state index in [2.05, 4.69) is 10.0 Å². The number of benzene rings is 2. The maximum absolute atomic E-state index is 12.8. The summed E-state index contributed by atoms with van der Waals surface area (Å²) >= 11 is 0. The summed E-state index contributed by atoms with van der Waals surface area (Å²) in [5, 5.41) is 2.66. The predicted molar refractivity (Wildman–Crippen MR) is 130 cm³/mol. The van der Waals surface area contributed by atoms with E-state index in [9.17, 15) is 21.6 Å². The zero-order valence-corrected chi connectivity index (χ0v) is 21.6. The number of hydrogen-bond donors (Lipinski definition) is 2. The third-order valence-corrected chi connectivity index (χ3v) is 9.18.